The van der Waals surface area contributed by atoms with Gasteiger partial charge in [-0.1, -0.05) is 39.5 Å². The standard InChI is InChI=1S/C26H38O10/c1-3-5-9-15-13-17(23(27)28)22(26(33)34)16(14-18(24(29)30)21(15)25(31)32)19(10-6-4-2)36-20-11-7-8-12-35-20/h15-16,19-20H,3-14H2,1-2H3,(H,27,28)(H,29,30)(H,31,32)(H,33,34)/b21-18-,22-17-. The third-order valence-corrected chi connectivity index (χ3v) is 6.94. The highest BCUT2D eigenvalue weighted by Gasteiger charge is 2.42. The van der Waals surface area contributed by atoms with Crippen LogP contribution in [0.1, 0.15) is 84.5 Å². The Kier molecular flexibility index (Phi) is 11.6. The van der Waals surface area contributed by atoms with Gasteiger partial charge < -0.3 is 29.9 Å². The Labute approximate surface area is 211 Å². The quantitative estimate of drug-likeness (QED) is 0.281. The molecule has 1 fully saturated rings. The van der Waals surface area contributed by atoms with Crippen LogP contribution in [0.5, 0.6) is 0 Å². The van der Waals surface area contributed by atoms with Crippen molar-refractivity contribution in [1.29, 1.82) is 0 Å². The average molecular weight is 511 g/mol. The summed E-state index contributed by atoms with van der Waals surface area (Å²) in [6.45, 7) is 4.29. The lowest BCUT2D eigenvalue weighted by molar-refractivity contribution is -0.198. The zero-order chi connectivity index (χ0) is 26.8. The fourth-order valence-corrected chi connectivity index (χ4v) is 5.15. The molecule has 1 aliphatic heterocycles. The van der Waals surface area contributed by atoms with Crippen molar-refractivity contribution in [2.75, 3.05) is 6.61 Å². The highest BCUT2D eigenvalue weighted by Crippen LogP contribution is 2.41. The topological polar surface area (TPSA) is 168 Å². The van der Waals surface area contributed by atoms with Gasteiger partial charge in [0.25, 0.3) is 0 Å². The first-order valence-corrected chi connectivity index (χ1v) is 12.8. The van der Waals surface area contributed by atoms with E-state index >= 15 is 0 Å². The third-order valence-electron chi connectivity index (χ3n) is 6.94. The highest BCUT2D eigenvalue weighted by atomic mass is 16.7. The number of carboxylic acid groups (broad SMARTS) is 4. The van der Waals surface area contributed by atoms with E-state index in [-0.39, 0.29) is 18.4 Å². The van der Waals surface area contributed by atoms with E-state index in [0.717, 1.165) is 19.3 Å². The molecule has 1 heterocycles. The molecule has 10 heteroatoms. The smallest absolute Gasteiger partial charge is 0.332 e. The zero-order valence-electron chi connectivity index (χ0n) is 21.0. The van der Waals surface area contributed by atoms with Crippen molar-refractivity contribution in [2.45, 2.75) is 96.9 Å². The summed E-state index contributed by atoms with van der Waals surface area (Å²) in [5, 5.41) is 40.3. The molecule has 0 spiro atoms. The van der Waals surface area contributed by atoms with Gasteiger partial charge in [-0.3, -0.25) is 0 Å². The highest BCUT2D eigenvalue weighted by molar-refractivity contribution is 6.02. The Morgan fingerprint density at radius 3 is 1.97 bits per heavy atom. The van der Waals surface area contributed by atoms with E-state index in [2.05, 4.69) is 0 Å². The molecule has 1 saturated heterocycles. The largest absolute Gasteiger partial charge is 0.478 e. The Morgan fingerprint density at radius 2 is 1.47 bits per heavy atom. The molecule has 10 nitrogen and oxygen atoms in total. The van der Waals surface area contributed by atoms with Gasteiger partial charge >= 0.3 is 23.9 Å². The lowest BCUT2D eigenvalue weighted by Gasteiger charge is -2.35. The molecule has 36 heavy (non-hydrogen) atoms. The first kappa shape index (κ1) is 29.5. The van der Waals surface area contributed by atoms with Crippen molar-refractivity contribution in [3.63, 3.8) is 0 Å². The summed E-state index contributed by atoms with van der Waals surface area (Å²) in [6, 6.07) is 0. The van der Waals surface area contributed by atoms with E-state index in [1.54, 1.807) is 0 Å². The molecule has 2 rings (SSSR count). The molecule has 1 aliphatic carbocycles. The minimum absolute atomic E-state index is 0.231. The number of hydrogen-bond acceptors (Lipinski definition) is 6. The van der Waals surface area contributed by atoms with Crippen LogP contribution >= 0.6 is 0 Å². The van der Waals surface area contributed by atoms with Crippen molar-refractivity contribution in [1.82, 2.24) is 0 Å². The molecule has 0 saturated carbocycles. The number of carbonyl (C=O) groups is 4. The van der Waals surface area contributed by atoms with Crippen molar-refractivity contribution in [3.05, 3.63) is 22.3 Å². The summed E-state index contributed by atoms with van der Waals surface area (Å²) in [5.74, 6) is -7.91. The second-order valence-electron chi connectivity index (χ2n) is 9.47. The Balaban J connectivity index is 2.72. The number of ether oxygens (including phenoxy) is 2. The second kappa shape index (κ2) is 14.1. The summed E-state index contributed by atoms with van der Waals surface area (Å²) in [6.07, 6.45) is 3.13. The molecule has 0 radical (unpaired) electrons. The van der Waals surface area contributed by atoms with E-state index in [0.29, 0.717) is 38.7 Å². The summed E-state index contributed by atoms with van der Waals surface area (Å²) in [4.78, 5) is 49.6. The Morgan fingerprint density at radius 1 is 0.861 bits per heavy atom. The minimum Gasteiger partial charge on any atom is -0.478 e. The maximum atomic E-state index is 12.5. The van der Waals surface area contributed by atoms with Crippen LogP contribution in [-0.4, -0.2) is 63.3 Å². The lowest BCUT2D eigenvalue weighted by Crippen LogP contribution is -2.38. The number of rotatable bonds is 13. The van der Waals surface area contributed by atoms with Gasteiger partial charge in [0.1, 0.15) is 0 Å². The van der Waals surface area contributed by atoms with E-state index in [9.17, 15) is 39.6 Å². The molecule has 0 aromatic rings. The van der Waals surface area contributed by atoms with Crippen LogP contribution in [0.4, 0.5) is 0 Å². The van der Waals surface area contributed by atoms with Crippen LogP contribution < -0.4 is 0 Å². The number of hydrogen-bond donors (Lipinski definition) is 4. The number of unbranched alkanes of at least 4 members (excludes halogenated alkanes) is 2. The van der Waals surface area contributed by atoms with Gasteiger partial charge in [0.2, 0.25) is 0 Å². The van der Waals surface area contributed by atoms with E-state index in [4.69, 9.17) is 9.47 Å². The molecule has 0 bridgehead atoms. The van der Waals surface area contributed by atoms with Gasteiger partial charge in [-0.15, -0.1) is 0 Å². The number of aliphatic carboxylic acids is 4. The van der Waals surface area contributed by atoms with Crippen LogP contribution in [0, 0.1) is 11.8 Å². The van der Waals surface area contributed by atoms with Gasteiger partial charge in [0.15, 0.2) is 6.29 Å². The fraction of sp³-hybridized carbons (Fsp3) is 0.692. The molecule has 202 valence electrons. The van der Waals surface area contributed by atoms with Gasteiger partial charge in [0.05, 0.1) is 17.3 Å². The van der Waals surface area contributed by atoms with Gasteiger partial charge in [-0.25, -0.2) is 19.2 Å². The third kappa shape index (κ3) is 7.64. The molecule has 4 atom stereocenters. The van der Waals surface area contributed by atoms with E-state index in [1.807, 2.05) is 13.8 Å². The molecule has 4 unspecified atom stereocenters. The van der Waals surface area contributed by atoms with Gasteiger partial charge in [0, 0.05) is 23.7 Å². The van der Waals surface area contributed by atoms with Crippen molar-refractivity contribution in [3.8, 4) is 0 Å². The molecule has 4 N–H and O–H groups in total. The minimum atomic E-state index is -1.47. The normalized spacial score (nSPS) is 28.1. The SMILES string of the molecule is CCCCC1C/C(C(=O)O)=C(/C(=O)O)C(C(CCCC)OC2CCCCO2)C/C(C(=O)O)=C\1C(=O)O. The maximum Gasteiger partial charge on any atom is 0.332 e. The average Bonchev–Trinajstić information content (AvgIpc) is 2.81. The molecule has 0 amide bonds. The molecule has 0 aromatic carbocycles. The van der Waals surface area contributed by atoms with Crippen molar-refractivity contribution in [2.24, 2.45) is 11.8 Å². The van der Waals surface area contributed by atoms with Crippen LogP contribution in [0.15, 0.2) is 22.3 Å². The Bertz CT molecular complexity index is 881. The number of carboxylic acids is 4. The van der Waals surface area contributed by atoms with Gasteiger partial charge in [-0.05, 0) is 50.9 Å². The van der Waals surface area contributed by atoms with Crippen LogP contribution in [0.3, 0.4) is 0 Å². The zero-order valence-corrected chi connectivity index (χ0v) is 21.0. The first-order chi connectivity index (χ1) is 17.1. The summed E-state index contributed by atoms with van der Waals surface area (Å²) in [7, 11) is 0. The predicted molar refractivity (Wildman–Crippen MR) is 128 cm³/mol. The van der Waals surface area contributed by atoms with Crippen molar-refractivity contribution < 1.29 is 49.1 Å². The summed E-state index contributed by atoms with van der Waals surface area (Å²) in [5.41, 5.74) is -1.56. The van der Waals surface area contributed by atoms with E-state index < -0.39 is 71.2 Å². The van der Waals surface area contributed by atoms with Gasteiger partial charge in [-0.2, -0.15) is 0 Å². The van der Waals surface area contributed by atoms with Crippen LogP contribution in [-0.2, 0) is 28.7 Å². The van der Waals surface area contributed by atoms with Crippen LogP contribution in [0.25, 0.3) is 0 Å². The molecular weight excluding hydrogens is 472 g/mol. The predicted octanol–water partition coefficient (Wildman–Crippen LogP) is 4.24. The molecular formula is C26H38O10. The lowest BCUT2D eigenvalue weighted by atomic mass is 9.73. The monoisotopic (exact) mass is 510 g/mol. The fourth-order valence-electron chi connectivity index (χ4n) is 5.15. The first-order valence-electron chi connectivity index (χ1n) is 12.8. The summed E-state index contributed by atoms with van der Waals surface area (Å²) >= 11 is 0. The van der Waals surface area contributed by atoms with E-state index in [1.165, 1.54) is 0 Å². The van der Waals surface area contributed by atoms with Crippen molar-refractivity contribution >= 4 is 23.9 Å². The second-order valence-corrected chi connectivity index (χ2v) is 9.47. The molecule has 2 aliphatic rings. The summed E-state index contributed by atoms with van der Waals surface area (Å²) < 4.78 is 11.9. The molecule has 0 aromatic heterocycles. The maximum absolute atomic E-state index is 12.5. The van der Waals surface area contributed by atoms with Crippen LogP contribution in [0.2, 0.25) is 0 Å². The Hall–Kier alpha value is -2.72.